The Labute approximate surface area is 93.8 Å². The van der Waals surface area contributed by atoms with Gasteiger partial charge in [0.05, 0.1) is 0 Å². The molecule has 1 atom stereocenters. The van der Waals surface area contributed by atoms with E-state index < -0.39 is 0 Å². The van der Waals surface area contributed by atoms with Crippen LogP contribution in [0, 0.1) is 0 Å². The molecule has 0 aromatic rings. The lowest BCUT2D eigenvalue weighted by Crippen LogP contribution is -2.31. The lowest BCUT2D eigenvalue weighted by atomic mass is 10.1. The van der Waals surface area contributed by atoms with E-state index in [-0.39, 0.29) is 6.23 Å². The third-order valence-electron chi connectivity index (χ3n) is 2.70. The summed E-state index contributed by atoms with van der Waals surface area (Å²) < 4.78 is 4.72. The standard InChI is InChI=1S/C12H24NO2/c1-4-5-6-7-8-9-10-13(3)12(2)15-11-14/h12H,4-10H2,1-3H3. The molecule has 0 aromatic carbocycles. The van der Waals surface area contributed by atoms with Gasteiger partial charge in [-0.3, -0.25) is 4.90 Å². The number of hydrogen-bond donors (Lipinski definition) is 0. The Morgan fingerprint density at radius 1 is 1.20 bits per heavy atom. The summed E-state index contributed by atoms with van der Waals surface area (Å²) in [5.41, 5.74) is 0. The SMILES string of the molecule is CCCCCCCCN(C)C(C)O[C]=O. The zero-order chi connectivity index (χ0) is 11.5. The van der Waals surface area contributed by atoms with Crippen LogP contribution in [0.2, 0.25) is 0 Å². The summed E-state index contributed by atoms with van der Waals surface area (Å²) in [4.78, 5) is 12.0. The van der Waals surface area contributed by atoms with Crippen LogP contribution >= 0.6 is 0 Å². The van der Waals surface area contributed by atoms with Crippen LogP contribution < -0.4 is 0 Å². The highest BCUT2D eigenvalue weighted by atomic mass is 16.5. The summed E-state index contributed by atoms with van der Waals surface area (Å²) in [5, 5.41) is 0. The second-order valence-corrected chi connectivity index (χ2v) is 4.05. The Kier molecular flexibility index (Phi) is 9.59. The van der Waals surface area contributed by atoms with Gasteiger partial charge in [0, 0.05) is 6.54 Å². The van der Waals surface area contributed by atoms with E-state index in [0.717, 1.165) is 6.54 Å². The first kappa shape index (κ1) is 14.4. The largest absolute Gasteiger partial charge is 0.438 e. The Bertz CT molecular complexity index is 151. The van der Waals surface area contributed by atoms with E-state index >= 15 is 0 Å². The molecule has 0 aliphatic carbocycles. The van der Waals surface area contributed by atoms with Crippen LogP contribution in [0.1, 0.15) is 52.4 Å². The summed E-state index contributed by atoms with van der Waals surface area (Å²) in [6.45, 7) is 6.54. The highest BCUT2D eigenvalue weighted by Crippen LogP contribution is 2.06. The normalized spacial score (nSPS) is 12.8. The molecule has 3 nitrogen and oxygen atoms in total. The molecule has 0 rings (SSSR count). The highest BCUT2D eigenvalue weighted by molar-refractivity contribution is 5.38. The van der Waals surface area contributed by atoms with E-state index in [0.29, 0.717) is 0 Å². The molecule has 1 unspecified atom stereocenters. The third-order valence-corrected chi connectivity index (χ3v) is 2.70. The first-order valence-electron chi connectivity index (χ1n) is 5.95. The minimum Gasteiger partial charge on any atom is -0.438 e. The summed E-state index contributed by atoms with van der Waals surface area (Å²) in [6, 6.07) is 0. The number of hydrogen-bond acceptors (Lipinski definition) is 3. The van der Waals surface area contributed by atoms with Gasteiger partial charge in [0.15, 0.2) is 6.23 Å². The van der Waals surface area contributed by atoms with Crippen molar-refractivity contribution in [1.29, 1.82) is 0 Å². The smallest absolute Gasteiger partial charge is 0.419 e. The summed E-state index contributed by atoms with van der Waals surface area (Å²) in [5.74, 6) is 0. The number of ether oxygens (including phenoxy) is 1. The number of unbranched alkanes of at least 4 members (excludes halogenated alkanes) is 5. The topological polar surface area (TPSA) is 29.5 Å². The highest BCUT2D eigenvalue weighted by Gasteiger charge is 2.08. The molecular formula is C12H24NO2. The van der Waals surface area contributed by atoms with Crippen LogP contribution in [0.3, 0.4) is 0 Å². The molecule has 0 bridgehead atoms. The first-order chi connectivity index (χ1) is 7.22. The molecule has 0 aliphatic rings. The fourth-order valence-corrected chi connectivity index (χ4v) is 1.48. The second-order valence-electron chi connectivity index (χ2n) is 4.05. The van der Waals surface area contributed by atoms with Gasteiger partial charge in [-0.1, -0.05) is 39.0 Å². The van der Waals surface area contributed by atoms with Crippen LogP contribution in [-0.2, 0) is 9.53 Å². The van der Waals surface area contributed by atoms with Crippen LogP contribution in [0.15, 0.2) is 0 Å². The average molecular weight is 214 g/mol. The van der Waals surface area contributed by atoms with Gasteiger partial charge in [-0.15, -0.1) is 0 Å². The molecule has 3 heteroatoms. The lowest BCUT2D eigenvalue weighted by molar-refractivity contribution is 0.0458. The van der Waals surface area contributed by atoms with Crippen molar-refractivity contribution in [3.05, 3.63) is 0 Å². The lowest BCUT2D eigenvalue weighted by Gasteiger charge is -2.22. The molecule has 15 heavy (non-hydrogen) atoms. The van der Waals surface area contributed by atoms with Gasteiger partial charge in [0.2, 0.25) is 0 Å². The van der Waals surface area contributed by atoms with Crippen molar-refractivity contribution in [1.82, 2.24) is 4.90 Å². The number of rotatable bonds is 10. The third kappa shape index (κ3) is 8.43. The van der Waals surface area contributed by atoms with Crippen molar-refractivity contribution in [3.63, 3.8) is 0 Å². The van der Waals surface area contributed by atoms with Crippen molar-refractivity contribution < 1.29 is 9.53 Å². The molecule has 0 aliphatic heterocycles. The summed E-state index contributed by atoms with van der Waals surface area (Å²) >= 11 is 0. The van der Waals surface area contributed by atoms with E-state index in [1.165, 1.54) is 45.0 Å². The maximum Gasteiger partial charge on any atom is 0.419 e. The Balaban J connectivity index is 3.30. The molecule has 0 fully saturated rings. The molecule has 1 radical (unpaired) electrons. The quantitative estimate of drug-likeness (QED) is 0.413. The summed E-state index contributed by atoms with van der Waals surface area (Å²) in [7, 11) is 1.97. The maximum absolute atomic E-state index is 9.99. The van der Waals surface area contributed by atoms with Gasteiger partial charge in [-0.05, 0) is 20.4 Å². The predicted molar refractivity (Wildman–Crippen MR) is 62.2 cm³/mol. The van der Waals surface area contributed by atoms with Crippen molar-refractivity contribution >= 4 is 6.47 Å². The Morgan fingerprint density at radius 3 is 2.40 bits per heavy atom. The average Bonchev–Trinajstić information content (AvgIpc) is 2.23. The molecule has 0 saturated heterocycles. The van der Waals surface area contributed by atoms with E-state index in [4.69, 9.17) is 4.74 Å². The molecular weight excluding hydrogens is 190 g/mol. The van der Waals surface area contributed by atoms with E-state index in [1.807, 2.05) is 18.9 Å². The van der Waals surface area contributed by atoms with Crippen LogP contribution in [-0.4, -0.2) is 31.2 Å². The molecule has 0 amide bonds. The monoisotopic (exact) mass is 214 g/mol. The predicted octanol–water partition coefficient (Wildman–Crippen LogP) is 2.71. The molecule has 0 N–H and O–H groups in total. The van der Waals surface area contributed by atoms with Crippen molar-refractivity contribution in [2.24, 2.45) is 0 Å². The van der Waals surface area contributed by atoms with Crippen molar-refractivity contribution in [3.8, 4) is 0 Å². The summed E-state index contributed by atoms with van der Waals surface area (Å²) in [6.07, 6.45) is 7.58. The van der Waals surface area contributed by atoms with Crippen LogP contribution in [0.5, 0.6) is 0 Å². The molecule has 0 spiro atoms. The fraction of sp³-hybridized carbons (Fsp3) is 0.917. The molecule has 0 saturated carbocycles. The van der Waals surface area contributed by atoms with Gasteiger partial charge in [-0.25, -0.2) is 4.79 Å². The van der Waals surface area contributed by atoms with Gasteiger partial charge in [0.25, 0.3) is 0 Å². The van der Waals surface area contributed by atoms with E-state index in [1.54, 1.807) is 0 Å². The van der Waals surface area contributed by atoms with Crippen molar-refractivity contribution in [2.75, 3.05) is 13.6 Å². The Morgan fingerprint density at radius 2 is 1.80 bits per heavy atom. The molecule has 0 heterocycles. The zero-order valence-corrected chi connectivity index (χ0v) is 10.3. The fourth-order valence-electron chi connectivity index (χ4n) is 1.48. The minimum atomic E-state index is -0.154. The second kappa shape index (κ2) is 9.97. The maximum atomic E-state index is 9.99. The van der Waals surface area contributed by atoms with Gasteiger partial charge in [0.1, 0.15) is 0 Å². The first-order valence-corrected chi connectivity index (χ1v) is 5.95. The van der Waals surface area contributed by atoms with Gasteiger partial charge < -0.3 is 4.74 Å². The van der Waals surface area contributed by atoms with E-state index in [2.05, 4.69) is 6.92 Å². The minimum absolute atomic E-state index is 0.154. The molecule has 89 valence electrons. The van der Waals surface area contributed by atoms with E-state index in [9.17, 15) is 4.79 Å². The Hall–Kier alpha value is -0.570. The number of carbonyl (C=O) groups excluding carboxylic acids is 1. The number of nitrogens with zero attached hydrogens (tertiary/aromatic N) is 1. The van der Waals surface area contributed by atoms with Crippen LogP contribution in [0.4, 0.5) is 0 Å². The van der Waals surface area contributed by atoms with Crippen LogP contribution in [0.25, 0.3) is 0 Å². The molecule has 0 aromatic heterocycles. The van der Waals surface area contributed by atoms with Gasteiger partial charge in [-0.2, -0.15) is 0 Å². The van der Waals surface area contributed by atoms with Crippen molar-refractivity contribution in [2.45, 2.75) is 58.6 Å². The van der Waals surface area contributed by atoms with Gasteiger partial charge >= 0.3 is 6.47 Å². The zero-order valence-electron chi connectivity index (χ0n) is 10.3.